The predicted octanol–water partition coefficient (Wildman–Crippen LogP) is 3.03. The average molecular weight is 663 g/mol. The van der Waals surface area contributed by atoms with E-state index in [-0.39, 0.29) is 39.8 Å². The van der Waals surface area contributed by atoms with E-state index in [1.54, 1.807) is 28.6 Å². The molecule has 3 aliphatic rings. The lowest BCUT2D eigenvalue weighted by Gasteiger charge is -2.46. The minimum Gasteiger partial charge on any atom is -0.366 e. The van der Waals surface area contributed by atoms with Crippen LogP contribution in [0, 0.1) is 17.2 Å². The van der Waals surface area contributed by atoms with E-state index in [1.165, 1.54) is 6.20 Å². The van der Waals surface area contributed by atoms with Gasteiger partial charge in [-0.3, -0.25) is 9.30 Å². The quantitative estimate of drug-likeness (QED) is 0.366. The molecule has 242 valence electrons. The Morgan fingerprint density at radius 3 is 2.51 bits per heavy atom. The normalized spacial score (nSPS) is 22.1. The van der Waals surface area contributed by atoms with Gasteiger partial charge >= 0.3 is 6.03 Å². The van der Waals surface area contributed by atoms with Crippen molar-refractivity contribution < 1.29 is 22.0 Å². The van der Waals surface area contributed by atoms with E-state index in [4.69, 9.17) is 5.26 Å². The summed E-state index contributed by atoms with van der Waals surface area (Å²) in [6, 6.07) is 3.37. The average Bonchev–Trinajstić information content (AvgIpc) is 3.33. The number of urea groups is 1. The topological polar surface area (TPSA) is 143 Å². The van der Waals surface area contributed by atoms with Gasteiger partial charge in [-0.15, -0.1) is 10.2 Å². The van der Waals surface area contributed by atoms with Crippen LogP contribution >= 0.6 is 11.3 Å². The zero-order chi connectivity index (χ0) is 32.3. The number of pyridine rings is 1. The van der Waals surface area contributed by atoms with Crippen molar-refractivity contribution in [3.63, 3.8) is 0 Å². The number of sulfonamides is 1. The third kappa shape index (κ3) is 6.20. The second kappa shape index (κ2) is 11.7. The third-order valence-corrected chi connectivity index (χ3v) is 11.3. The van der Waals surface area contributed by atoms with Crippen molar-refractivity contribution in [1.29, 1.82) is 5.26 Å². The molecule has 2 saturated heterocycles. The fourth-order valence-corrected chi connectivity index (χ4v) is 8.19. The zero-order valence-electron chi connectivity index (χ0n) is 25.5. The molecule has 17 heteroatoms. The zero-order valence-corrected chi connectivity index (χ0v) is 27.2. The van der Waals surface area contributed by atoms with Gasteiger partial charge in [0, 0.05) is 70.1 Å². The molecule has 3 aromatic rings. The van der Waals surface area contributed by atoms with E-state index < -0.39 is 27.0 Å². The number of nitrogens with zero attached hydrogens (tertiary/aromatic N) is 9. The molecule has 2 aliphatic heterocycles. The summed E-state index contributed by atoms with van der Waals surface area (Å²) in [4.78, 5) is 25.8. The Balaban J connectivity index is 1.28. The molecule has 0 radical (unpaired) electrons. The molecule has 5 heterocycles. The highest BCUT2D eigenvalue weighted by Crippen LogP contribution is 2.38. The Hall–Kier alpha value is -3.46. The van der Waals surface area contributed by atoms with Crippen LogP contribution in [-0.2, 0) is 10.0 Å². The number of piperazine rings is 1. The molecule has 0 aromatic carbocycles. The Labute approximate surface area is 264 Å². The van der Waals surface area contributed by atoms with E-state index in [2.05, 4.69) is 30.9 Å². The molecule has 1 aliphatic carbocycles. The first-order valence-corrected chi connectivity index (χ1v) is 17.2. The van der Waals surface area contributed by atoms with Gasteiger partial charge in [-0.2, -0.15) is 5.26 Å². The number of alkyl halides is 2. The molecule has 3 fully saturated rings. The van der Waals surface area contributed by atoms with E-state index >= 15 is 0 Å². The van der Waals surface area contributed by atoms with Gasteiger partial charge in [-0.1, -0.05) is 11.3 Å². The fourth-order valence-electron chi connectivity index (χ4n) is 6.01. The number of anilines is 1. The number of nitriles is 1. The summed E-state index contributed by atoms with van der Waals surface area (Å²) >= 11 is 0.707. The Morgan fingerprint density at radius 2 is 1.91 bits per heavy atom. The van der Waals surface area contributed by atoms with E-state index in [1.807, 2.05) is 30.6 Å². The van der Waals surface area contributed by atoms with E-state index in [9.17, 15) is 22.0 Å². The molecule has 0 bridgehead atoms. The number of carbonyl (C=O) groups is 1. The van der Waals surface area contributed by atoms with Crippen LogP contribution in [0.25, 0.3) is 16.3 Å². The Kier molecular flexibility index (Phi) is 8.21. The molecule has 2 atom stereocenters. The van der Waals surface area contributed by atoms with Crippen LogP contribution in [0.4, 0.5) is 19.3 Å². The maximum Gasteiger partial charge on any atom is 0.320 e. The molecule has 1 saturated carbocycles. The number of likely N-dealkylation sites (N-methyl/N-ethyl adjacent to an activating group) is 1. The minimum absolute atomic E-state index is 0.0131. The van der Waals surface area contributed by atoms with Gasteiger partial charge in [-0.25, -0.2) is 31.7 Å². The van der Waals surface area contributed by atoms with Gasteiger partial charge in [0.1, 0.15) is 4.90 Å². The number of nitrogens with one attached hydrogen (secondary N) is 1. The molecule has 1 N–H and O–H groups in total. The molecule has 13 nitrogen and oxygen atoms in total. The lowest BCUT2D eigenvalue weighted by molar-refractivity contribution is 0.0954. The first-order valence-electron chi connectivity index (χ1n) is 14.9. The first kappa shape index (κ1) is 31.5. The van der Waals surface area contributed by atoms with Crippen LogP contribution in [-0.4, -0.2) is 113 Å². The maximum absolute atomic E-state index is 13.6. The number of halogens is 2. The summed E-state index contributed by atoms with van der Waals surface area (Å²) in [6.07, 6.45) is 1.70. The van der Waals surface area contributed by atoms with Crippen molar-refractivity contribution in [3.05, 3.63) is 23.5 Å². The Morgan fingerprint density at radius 1 is 1.22 bits per heavy atom. The van der Waals surface area contributed by atoms with Crippen LogP contribution in [0.1, 0.15) is 45.0 Å². The standard InChI is InChI=1S/C28H36F2N10O3S2/c1-17-12-38(13-18(2)40(17)27(41)36(4)7-8-37-14-19(10-31)15-37)21-9-20(45(42,43)35-28(3)5-6-28)16-39-22(21)11-32-24(39)26-34-33-25(44-26)23(29)30/h9,11,16-19,23,35H,5-8,12-15H2,1-4H3/t17-,18-/m0/s1. The van der Waals surface area contributed by atoms with Gasteiger partial charge in [0.15, 0.2) is 15.8 Å². The van der Waals surface area contributed by atoms with Crippen molar-refractivity contribution in [2.24, 2.45) is 5.92 Å². The molecule has 2 amide bonds. The van der Waals surface area contributed by atoms with Crippen molar-refractivity contribution in [2.75, 3.05) is 51.2 Å². The number of likely N-dealkylation sites (tertiary alicyclic amines) is 1. The summed E-state index contributed by atoms with van der Waals surface area (Å²) < 4.78 is 58.1. The fraction of sp³-hybridized carbons (Fsp3) is 0.607. The summed E-state index contributed by atoms with van der Waals surface area (Å²) in [7, 11) is -2.16. The van der Waals surface area contributed by atoms with Gasteiger partial charge in [0.25, 0.3) is 6.43 Å². The number of fused-ring (bicyclic) bond motifs is 1. The second-order valence-corrected chi connectivity index (χ2v) is 15.3. The molecule has 0 unspecified atom stereocenters. The molecule has 45 heavy (non-hydrogen) atoms. The highest BCUT2D eigenvalue weighted by atomic mass is 32.2. The monoisotopic (exact) mass is 662 g/mol. The van der Waals surface area contributed by atoms with Crippen molar-refractivity contribution in [3.8, 4) is 16.9 Å². The number of amides is 2. The number of imidazole rings is 1. The maximum atomic E-state index is 13.6. The summed E-state index contributed by atoms with van der Waals surface area (Å²) in [5.74, 6) is 0.275. The van der Waals surface area contributed by atoms with Crippen LogP contribution in [0.2, 0.25) is 0 Å². The van der Waals surface area contributed by atoms with E-state index in [0.717, 1.165) is 25.9 Å². The molecule has 3 aromatic heterocycles. The number of hydrogen-bond donors (Lipinski definition) is 1. The smallest absolute Gasteiger partial charge is 0.320 e. The Bertz CT molecular complexity index is 1730. The van der Waals surface area contributed by atoms with Gasteiger partial charge in [0.2, 0.25) is 10.0 Å². The van der Waals surface area contributed by atoms with Gasteiger partial charge < -0.3 is 14.7 Å². The molecular weight excluding hydrogens is 627 g/mol. The van der Waals surface area contributed by atoms with Gasteiger partial charge in [-0.05, 0) is 39.7 Å². The SMILES string of the molecule is C[C@H]1CN(c2cc(S(=O)(=O)NC3(C)CC3)cn3c(-c4nnc(C(F)F)s4)ncc23)C[C@H](C)N1C(=O)N(C)CCN1CC(C#N)C1. The lowest BCUT2D eigenvalue weighted by Crippen LogP contribution is -2.61. The van der Waals surface area contributed by atoms with Gasteiger partial charge in [0.05, 0.1) is 29.4 Å². The first-order chi connectivity index (χ1) is 21.3. The molecule has 0 spiro atoms. The number of hydrogen-bond acceptors (Lipinski definition) is 10. The van der Waals surface area contributed by atoms with Crippen molar-refractivity contribution in [1.82, 2.24) is 39.0 Å². The van der Waals surface area contributed by atoms with Crippen molar-refractivity contribution in [2.45, 2.75) is 62.6 Å². The summed E-state index contributed by atoms with van der Waals surface area (Å²) in [5, 5.41) is 16.2. The predicted molar refractivity (Wildman–Crippen MR) is 164 cm³/mol. The summed E-state index contributed by atoms with van der Waals surface area (Å²) in [6.45, 7) is 9.33. The van der Waals surface area contributed by atoms with Crippen LogP contribution in [0.3, 0.4) is 0 Å². The van der Waals surface area contributed by atoms with Crippen LogP contribution in [0.5, 0.6) is 0 Å². The summed E-state index contributed by atoms with van der Waals surface area (Å²) in [5.41, 5.74) is 0.669. The highest BCUT2D eigenvalue weighted by Gasteiger charge is 2.42. The third-order valence-electron chi connectivity index (χ3n) is 8.80. The molecule has 6 rings (SSSR count). The largest absolute Gasteiger partial charge is 0.366 e. The minimum atomic E-state index is -3.94. The lowest BCUT2D eigenvalue weighted by atomic mass is 10.0. The second-order valence-electron chi connectivity index (χ2n) is 12.6. The van der Waals surface area contributed by atoms with E-state index in [0.29, 0.717) is 48.7 Å². The molecular formula is C28H36F2N10O3S2. The number of carbonyl (C=O) groups excluding carboxylic acids is 1. The number of rotatable bonds is 9. The van der Waals surface area contributed by atoms with Crippen molar-refractivity contribution >= 4 is 38.6 Å². The highest BCUT2D eigenvalue weighted by molar-refractivity contribution is 7.89. The van der Waals surface area contributed by atoms with Crippen LogP contribution in [0.15, 0.2) is 23.4 Å². The number of aromatic nitrogens is 4. The van der Waals surface area contributed by atoms with Crippen LogP contribution < -0.4 is 9.62 Å².